The molecule has 2 heterocycles. The van der Waals surface area contributed by atoms with E-state index in [9.17, 15) is 9.18 Å². The highest BCUT2D eigenvalue weighted by molar-refractivity contribution is 5.65. The van der Waals surface area contributed by atoms with Gasteiger partial charge in [0, 0.05) is 25.4 Å². The molecule has 0 atom stereocenters. The van der Waals surface area contributed by atoms with Crippen molar-refractivity contribution in [2.24, 2.45) is 0 Å². The summed E-state index contributed by atoms with van der Waals surface area (Å²) in [7, 11) is 0. The minimum atomic E-state index is -0.880. The van der Waals surface area contributed by atoms with Gasteiger partial charge in [-0.05, 0) is 30.9 Å². The predicted octanol–water partition coefficient (Wildman–Crippen LogP) is 2.27. The molecule has 1 aliphatic heterocycles. The fourth-order valence-corrected chi connectivity index (χ4v) is 1.81. The Labute approximate surface area is 110 Å². The number of carbonyl (C=O) groups is 1. The molecule has 98 valence electrons. The highest BCUT2D eigenvalue weighted by Gasteiger charge is 2.17. The lowest BCUT2D eigenvalue weighted by atomic mass is 10.0. The zero-order chi connectivity index (χ0) is 13.7. The van der Waals surface area contributed by atoms with Crippen LogP contribution in [0.3, 0.4) is 0 Å². The van der Waals surface area contributed by atoms with E-state index in [0.29, 0.717) is 31.6 Å². The van der Waals surface area contributed by atoms with Crippen molar-refractivity contribution >= 4 is 6.09 Å². The first-order valence-corrected chi connectivity index (χ1v) is 5.94. The van der Waals surface area contributed by atoms with E-state index in [0.717, 1.165) is 5.57 Å². The standard InChI is InChI=1S/C14H13FN2O2/c15-12-4-7-16-13(10-12)3-1-2-11-5-8-17(9-6-11)14(18)19/h2,4,7,10H,5-6,8-9H2,(H,18,19). The Kier molecular flexibility index (Phi) is 4.14. The van der Waals surface area contributed by atoms with E-state index < -0.39 is 6.09 Å². The zero-order valence-corrected chi connectivity index (χ0v) is 10.3. The number of aromatic nitrogens is 1. The molecule has 5 heteroatoms. The van der Waals surface area contributed by atoms with Crippen LogP contribution >= 0.6 is 0 Å². The average Bonchev–Trinajstić information content (AvgIpc) is 2.39. The van der Waals surface area contributed by atoms with E-state index in [2.05, 4.69) is 16.8 Å². The second-order valence-electron chi connectivity index (χ2n) is 4.20. The summed E-state index contributed by atoms with van der Waals surface area (Å²) in [6, 6.07) is 2.55. The molecule has 0 unspecified atom stereocenters. The Morgan fingerprint density at radius 1 is 1.47 bits per heavy atom. The Bertz CT molecular complexity index is 562. The van der Waals surface area contributed by atoms with Crippen LogP contribution in [0.4, 0.5) is 9.18 Å². The second-order valence-corrected chi connectivity index (χ2v) is 4.20. The van der Waals surface area contributed by atoms with Gasteiger partial charge in [-0.15, -0.1) is 0 Å². The smallest absolute Gasteiger partial charge is 0.407 e. The normalized spacial score (nSPS) is 14.6. The number of hydrogen-bond acceptors (Lipinski definition) is 2. The van der Waals surface area contributed by atoms with Crippen molar-refractivity contribution in [3.05, 3.63) is 41.5 Å². The lowest BCUT2D eigenvalue weighted by Crippen LogP contribution is -2.35. The van der Waals surface area contributed by atoms with Crippen molar-refractivity contribution in [1.82, 2.24) is 9.88 Å². The molecule has 4 nitrogen and oxygen atoms in total. The van der Waals surface area contributed by atoms with Gasteiger partial charge in [0.15, 0.2) is 0 Å². The van der Waals surface area contributed by atoms with Gasteiger partial charge in [0.2, 0.25) is 0 Å². The predicted molar refractivity (Wildman–Crippen MR) is 68.0 cm³/mol. The van der Waals surface area contributed by atoms with Crippen LogP contribution in [0.25, 0.3) is 0 Å². The molecule has 1 N–H and O–H groups in total. The van der Waals surface area contributed by atoms with Gasteiger partial charge in [-0.2, -0.15) is 0 Å². The summed E-state index contributed by atoms with van der Waals surface area (Å²) in [5, 5.41) is 8.81. The van der Waals surface area contributed by atoms with Crippen molar-refractivity contribution in [2.45, 2.75) is 12.8 Å². The zero-order valence-electron chi connectivity index (χ0n) is 10.3. The monoisotopic (exact) mass is 260 g/mol. The fraction of sp³-hybridized carbons (Fsp3) is 0.286. The van der Waals surface area contributed by atoms with Crippen LogP contribution in [0.5, 0.6) is 0 Å². The number of likely N-dealkylation sites (tertiary alicyclic amines) is 1. The minimum absolute atomic E-state index is 0.360. The van der Waals surface area contributed by atoms with Crippen LogP contribution in [-0.4, -0.2) is 34.2 Å². The highest BCUT2D eigenvalue weighted by Crippen LogP contribution is 2.15. The molecule has 1 aromatic heterocycles. The molecule has 19 heavy (non-hydrogen) atoms. The SMILES string of the molecule is O=C(O)N1CCC(=CC#Cc2cc(F)ccn2)CC1. The van der Waals surface area contributed by atoms with Gasteiger partial charge in [-0.1, -0.05) is 11.5 Å². The molecule has 0 aromatic carbocycles. The third-order valence-electron chi connectivity index (χ3n) is 2.87. The molecule has 1 saturated heterocycles. The van der Waals surface area contributed by atoms with E-state index in [1.54, 1.807) is 6.08 Å². The highest BCUT2D eigenvalue weighted by atomic mass is 19.1. The molecule has 0 spiro atoms. The fourth-order valence-electron chi connectivity index (χ4n) is 1.81. The lowest BCUT2D eigenvalue weighted by Gasteiger charge is -2.25. The maximum atomic E-state index is 12.9. The molecule has 1 aromatic rings. The van der Waals surface area contributed by atoms with E-state index in [-0.39, 0.29) is 5.82 Å². The molecule has 1 amide bonds. The molecule has 0 bridgehead atoms. The van der Waals surface area contributed by atoms with Gasteiger partial charge >= 0.3 is 6.09 Å². The summed E-state index contributed by atoms with van der Waals surface area (Å²) < 4.78 is 12.9. The van der Waals surface area contributed by atoms with E-state index >= 15 is 0 Å². The van der Waals surface area contributed by atoms with Crippen molar-refractivity contribution in [2.75, 3.05) is 13.1 Å². The van der Waals surface area contributed by atoms with Crippen LogP contribution in [0.1, 0.15) is 18.5 Å². The average molecular weight is 260 g/mol. The Morgan fingerprint density at radius 3 is 2.84 bits per heavy atom. The Morgan fingerprint density at radius 2 is 2.21 bits per heavy atom. The summed E-state index contributed by atoms with van der Waals surface area (Å²) >= 11 is 0. The quantitative estimate of drug-likeness (QED) is 0.728. The number of piperidine rings is 1. The van der Waals surface area contributed by atoms with E-state index in [1.807, 2.05) is 0 Å². The number of rotatable bonds is 0. The van der Waals surface area contributed by atoms with Crippen LogP contribution < -0.4 is 0 Å². The molecule has 2 rings (SSSR count). The number of pyridine rings is 1. The number of halogens is 1. The summed E-state index contributed by atoms with van der Waals surface area (Å²) in [6.07, 6.45) is 3.65. The third-order valence-corrected chi connectivity index (χ3v) is 2.87. The summed E-state index contributed by atoms with van der Waals surface area (Å²) in [5.74, 6) is 5.24. The van der Waals surface area contributed by atoms with E-state index in [4.69, 9.17) is 5.11 Å². The van der Waals surface area contributed by atoms with Gasteiger partial charge in [-0.25, -0.2) is 14.2 Å². The molecule has 0 radical (unpaired) electrons. The molecule has 1 aliphatic rings. The maximum Gasteiger partial charge on any atom is 0.407 e. The van der Waals surface area contributed by atoms with Gasteiger partial charge < -0.3 is 10.0 Å². The number of carboxylic acid groups (broad SMARTS) is 1. The number of allylic oxidation sites excluding steroid dienone is 1. The third kappa shape index (κ3) is 3.81. The number of nitrogens with zero attached hydrogens (tertiary/aromatic N) is 2. The Hall–Kier alpha value is -2.35. The largest absolute Gasteiger partial charge is 0.465 e. The molecular weight excluding hydrogens is 247 g/mol. The number of amides is 1. The van der Waals surface area contributed by atoms with Crippen LogP contribution in [0, 0.1) is 17.7 Å². The topological polar surface area (TPSA) is 53.4 Å². The molecule has 0 saturated carbocycles. The van der Waals surface area contributed by atoms with E-state index in [1.165, 1.54) is 23.2 Å². The number of hydrogen-bond donors (Lipinski definition) is 1. The van der Waals surface area contributed by atoms with Gasteiger partial charge in [0.05, 0.1) is 0 Å². The first kappa shape index (κ1) is 13.1. The van der Waals surface area contributed by atoms with Gasteiger partial charge in [0.25, 0.3) is 0 Å². The summed E-state index contributed by atoms with van der Waals surface area (Å²) in [5.41, 5.74) is 1.50. The van der Waals surface area contributed by atoms with Crippen LogP contribution in [0.15, 0.2) is 30.0 Å². The van der Waals surface area contributed by atoms with Crippen LogP contribution in [0.2, 0.25) is 0 Å². The first-order valence-electron chi connectivity index (χ1n) is 5.94. The lowest BCUT2D eigenvalue weighted by molar-refractivity contribution is 0.141. The minimum Gasteiger partial charge on any atom is -0.465 e. The maximum absolute atomic E-state index is 12.9. The van der Waals surface area contributed by atoms with Crippen LogP contribution in [-0.2, 0) is 0 Å². The van der Waals surface area contributed by atoms with Gasteiger partial charge in [0.1, 0.15) is 11.5 Å². The van der Waals surface area contributed by atoms with Crippen molar-refractivity contribution in [3.63, 3.8) is 0 Å². The summed E-state index contributed by atoms with van der Waals surface area (Å²) in [4.78, 5) is 16.0. The van der Waals surface area contributed by atoms with Gasteiger partial charge in [-0.3, -0.25) is 0 Å². The molecule has 1 fully saturated rings. The van der Waals surface area contributed by atoms with Crippen molar-refractivity contribution in [1.29, 1.82) is 0 Å². The first-order chi connectivity index (χ1) is 9.15. The van der Waals surface area contributed by atoms with Crippen molar-refractivity contribution in [3.8, 4) is 11.8 Å². The Balaban J connectivity index is 1.96. The van der Waals surface area contributed by atoms with Crippen molar-refractivity contribution < 1.29 is 14.3 Å². The molecule has 0 aliphatic carbocycles. The summed E-state index contributed by atoms with van der Waals surface area (Å²) in [6.45, 7) is 1.00. The molecular formula is C14H13FN2O2. The second kappa shape index (κ2) is 6.01.